The SMILES string of the molecule is O=C(c1ccccc1)N1CCc2[nH]cnc2C1C1CCN(Cc2ccccc2)CC1. The molecule has 1 unspecified atom stereocenters. The molecule has 0 bridgehead atoms. The number of nitrogens with one attached hydrogen (secondary N) is 1. The quantitative estimate of drug-likeness (QED) is 0.719. The average molecular weight is 401 g/mol. The van der Waals surface area contributed by atoms with Gasteiger partial charge in [0, 0.05) is 30.8 Å². The zero-order valence-corrected chi connectivity index (χ0v) is 17.2. The summed E-state index contributed by atoms with van der Waals surface area (Å²) in [5, 5.41) is 0. The summed E-state index contributed by atoms with van der Waals surface area (Å²) in [6, 6.07) is 20.4. The lowest BCUT2D eigenvalue weighted by atomic mass is 9.83. The Morgan fingerprint density at radius 1 is 0.967 bits per heavy atom. The highest BCUT2D eigenvalue weighted by Gasteiger charge is 2.39. The molecule has 5 rings (SSSR count). The minimum Gasteiger partial charge on any atom is -0.348 e. The molecule has 0 radical (unpaired) electrons. The van der Waals surface area contributed by atoms with Gasteiger partial charge in [0.2, 0.25) is 0 Å². The first kappa shape index (κ1) is 19.1. The van der Waals surface area contributed by atoms with Crippen LogP contribution in [0.25, 0.3) is 0 Å². The number of hydrogen-bond donors (Lipinski definition) is 1. The molecule has 1 fully saturated rings. The molecule has 0 spiro atoms. The fourth-order valence-corrected chi connectivity index (χ4v) is 5.03. The fourth-order valence-electron chi connectivity index (χ4n) is 5.03. The number of aromatic amines is 1. The second-order valence-corrected chi connectivity index (χ2v) is 8.42. The third kappa shape index (κ3) is 3.77. The van der Waals surface area contributed by atoms with Crippen molar-refractivity contribution in [1.82, 2.24) is 19.8 Å². The van der Waals surface area contributed by atoms with E-state index in [2.05, 4.69) is 50.1 Å². The lowest BCUT2D eigenvalue weighted by Gasteiger charge is -2.43. The third-order valence-corrected chi connectivity index (χ3v) is 6.58. The Balaban J connectivity index is 1.34. The maximum absolute atomic E-state index is 13.4. The lowest BCUT2D eigenvalue weighted by molar-refractivity contribution is 0.0466. The Bertz CT molecular complexity index is 977. The first-order valence-corrected chi connectivity index (χ1v) is 10.9. The van der Waals surface area contributed by atoms with Crippen molar-refractivity contribution in [3.8, 4) is 0 Å². The van der Waals surface area contributed by atoms with E-state index in [1.807, 2.05) is 30.3 Å². The second kappa shape index (κ2) is 8.44. The number of imidazole rings is 1. The van der Waals surface area contributed by atoms with E-state index >= 15 is 0 Å². The van der Waals surface area contributed by atoms with Crippen molar-refractivity contribution in [2.45, 2.75) is 31.8 Å². The number of likely N-dealkylation sites (tertiary alicyclic amines) is 1. The van der Waals surface area contributed by atoms with Crippen LogP contribution in [0.5, 0.6) is 0 Å². The number of piperidine rings is 1. The van der Waals surface area contributed by atoms with E-state index in [-0.39, 0.29) is 11.9 Å². The molecule has 2 aliphatic rings. The molecule has 0 aliphatic carbocycles. The smallest absolute Gasteiger partial charge is 0.254 e. The van der Waals surface area contributed by atoms with Crippen LogP contribution >= 0.6 is 0 Å². The summed E-state index contributed by atoms with van der Waals surface area (Å²) in [4.78, 5) is 25.9. The van der Waals surface area contributed by atoms with Gasteiger partial charge in [-0.05, 0) is 49.5 Å². The van der Waals surface area contributed by atoms with Gasteiger partial charge in [0.1, 0.15) is 0 Å². The molecule has 2 aliphatic heterocycles. The molecule has 30 heavy (non-hydrogen) atoms. The van der Waals surface area contributed by atoms with Gasteiger partial charge in [-0.2, -0.15) is 0 Å². The minimum atomic E-state index is 0.0616. The van der Waals surface area contributed by atoms with Gasteiger partial charge in [-0.25, -0.2) is 4.98 Å². The van der Waals surface area contributed by atoms with E-state index in [1.165, 1.54) is 11.3 Å². The maximum Gasteiger partial charge on any atom is 0.254 e. The van der Waals surface area contributed by atoms with E-state index < -0.39 is 0 Å². The summed E-state index contributed by atoms with van der Waals surface area (Å²) in [6.07, 6.45) is 4.81. The predicted molar refractivity (Wildman–Crippen MR) is 117 cm³/mol. The summed E-state index contributed by atoms with van der Waals surface area (Å²) < 4.78 is 0. The van der Waals surface area contributed by atoms with Crippen molar-refractivity contribution in [3.05, 3.63) is 89.5 Å². The summed E-state index contributed by atoms with van der Waals surface area (Å²) in [5.74, 6) is 0.563. The molecule has 5 heteroatoms. The maximum atomic E-state index is 13.4. The Kier molecular flexibility index (Phi) is 5.37. The fraction of sp³-hybridized carbons (Fsp3) is 0.360. The number of carbonyl (C=O) groups excluding carboxylic acids is 1. The Morgan fingerprint density at radius 3 is 2.40 bits per heavy atom. The number of aromatic nitrogens is 2. The van der Waals surface area contributed by atoms with Gasteiger partial charge in [-0.15, -0.1) is 0 Å². The van der Waals surface area contributed by atoms with Crippen molar-refractivity contribution >= 4 is 5.91 Å². The monoisotopic (exact) mass is 400 g/mol. The van der Waals surface area contributed by atoms with E-state index in [0.717, 1.165) is 56.7 Å². The molecular formula is C25H28N4O. The number of H-pyrrole nitrogens is 1. The largest absolute Gasteiger partial charge is 0.348 e. The number of carbonyl (C=O) groups is 1. The van der Waals surface area contributed by atoms with Gasteiger partial charge < -0.3 is 9.88 Å². The molecule has 154 valence electrons. The van der Waals surface area contributed by atoms with Crippen LogP contribution in [0.1, 0.15) is 46.2 Å². The van der Waals surface area contributed by atoms with Crippen LogP contribution in [0, 0.1) is 5.92 Å². The number of fused-ring (bicyclic) bond motifs is 1. The highest BCUT2D eigenvalue weighted by molar-refractivity contribution is 5.94. The second-order valence-electron chi connectivity index (χ2n) is 8.42. The third-order valence-electron chi connectivity index (χ3n) is 6.58. The Hall–Kier alpha value is -2.92. The molecule has 1 amide bonds. The van der Waals surface area contributed by atoms with E-state index in [1.54, 1.807) is 6.33 Å². The summed E-state index contributed by atoms with van der Waals surface area (Å²) in [7, 11) is 0. The van der Waals surface area contributed by atoms with Gasteiger partial charge in [-0.1, -0.05) is 48.5 Å². The molecule has 1 saturated heterocycles. The summed E-state index contributed by atoms with van der Waals surface area (Å²) in [5.41, 5.74) is 4.41. The Morgan fingerprint density at radius 2 is 1.67 bits per heavy atom. The number of rotatable bonds is 4. The van der Waals surface area contributed by atoms with Gasteiger partial charge in [0.25, 0.3) is 5.91 Å². The number of nitrogens with zero attached hydrogens (tertiary/aromatic N) is 3. The zero-order chi connectivity index (χ0) is 20.3. The number of amides is 1. The number of hydrogen-bond acceptors (Lipinski definition) is 3. The van der Waals surface area contributed by atoms with E-state index in [0.29, 0.717) is 5.92 Å². The molecule has 0 saturated carbocycles. The first-order chi connectivity index (χ1) is 14.8. The van der Waals surface area contributed by atoms with Crippen LogP contribution in [-0.4, -0.2) is 45.3 Å². The van der Waals surface area contributed by atoms with Crippen LogP contribution < -0.4 is 0 Å². The topological polar surface area (TPSA) is 52.2 Å². The Labute approximate surface area is 177 Å². The van der Waals surface area contributed by atoms with Crippen molar-refractivity contribution in [3.63, 3.8) is 0 Å². The van der Waals surface area contributed by atoms with E-state index in [9.17, 15) is 4.79 Å². The number of benzene rings is 2. The molecule has 5 nitrogen and oxygen atoms in total. The lowest BCUT2D eigenvalue weighted by Crippen LogP contribution is -2.46. The van der Waals surface area contributed by atoms with Crippen molar-refractivity contribution in [1.29, 1.82) is 0 Å². The molecule has 3 heterocycles. The van der Waals surface area contributed by atoms with Crippen LogP contribution in [0.4, 0.5) is 0 Å². The van der Waals surface area contributed by atoms with Crippen molar-refractivity contribution in [2.24, 2.45) is 5.92 Å². The first-order valence-electron chi connectivity index (χ1n) is 10.9. The standard InChI is InChI=1S/C25H28N4O/c30-25(21-9-5-2-6-10-21)29-16-13-22-23(27-18-26-22)24(29)20-11-14-28(15-12-20)17-19-7-3-1-4-8-19/h1-10,18,20,24H,11-17H2,(H,26,27). The molecule has 1 N–H and O–H groups in total. The van der Waals surface area contributed by atoms with Gasteiger partial charge in [0.15, 0.2) is 0 Å². The van der Waals surface area contributed by atoms with Gasteiger partial charge >= 0.3 is 0 Å². The highest BCUT2D eigenvalue weighted by Crippen LogP contribution is 2.39. The summed E-state index contributed by atoms with van der Waals surface area (Å²) >= 11 is 0. The zero-order valence-electron chi connectivity index (χ0n) is 17.2. The van der Waals surface area contributed by atoms with Gasteiger partial charge in [0.05, 0.1) is 18.1 Å². The highest BCUT2D eigenvalue weighted by atomic mass is 16.2. The predicted octanol–water partition coefficient (Wildman–Crippen LogP) is 4.06. The van der Waals surface area contributed by atoms with Crippen molar-refractivity contribution in [2.75, 3.05) is 19.6 Å². The average Bonchev–Trinajstić information content (AvgIpc) is 3.29. The van der Waals surface area contributed by atoms with Gasteiger partial charge in [-0.3, -0.25) is 9.69 Å². The van der Waals surface area contributed by atoms with Crippen molar-refractivity contribution < 1.29 is 4.79 Å². The molecule has 1 atom stereocenters. The molecular weight excluding hydrogens is 372 g/mol. The molecule has 2 aromatic carbocycles. The minimum absolute atomic E-state index is 0.0616. The van der Waals surface area contributed by atoms with E-state index in [4.69, 9.17) is 0 Å². The van der Waals surface area contributed by atoms with Crippen LogP contribution in [0.3, 0.4) is 0 Å². The summed E-state index contributed by atoms with van der Waals surface area (Å²) in [6.45, 7) is 3.86. The van der Waals surface area contributed by atoms with Crippen LogP contribution in [0.15, 0.2) is 67.0 Å². The van der Waals surface area contributed by atoms with Crippen LogP contribution in [-0.2, 0) is 13.0 Å². The molecule has 3 aromatic rings. The normalized spacial score (nSPS) is 20.1. The molecule has 1 aromatic heterocycles. The van der Waals surface area contributed by atoms with Crippen LogP contribution in [0.2, 0.25) is 0 Å².